The lowest BCUT2D eigenvalue weighted by molar-refractivity contribution is -0.113. The normalized spacial score (nSPS) is 14.2. The Morgan fingerprint density at radius 2 is 1.74 bits per heavy atom. The Hall–Kier alpha value is -3.82. The van der Waals surface area contributed by atoms with Crippen molar-refractivity contribution < 1.29 is 4.79 Å². The van der Waals surface area contributed by atoms with Crippen molar-refractivity contribution in [3.05, 3.63) is 60.8 Å². The maximum Gasteiger partial charge on any atom is 0.239 e. The van der Waals surface area contributed by atoms with Crippen LogP contribution in [0.15, 0.2) is 60.8 Å². The minimum Gasteiger partial charge on any atom is -0.369 e. The molecule has 1 saturated heterocycles. The summed E-state index contributed by atoms with van der Waals surface area (Å²) in [6.07, 6.45) is 1.83. The van der Waals surface area contributed by atoms with E-state index in [1.807, 2.05) is 42.6 Å². The van der Waals surface area contributed by atoms with E-state index in [1.165, 1.54) is 5.69 Å². The lowest BCUT2D eigenvalue weighted by Crippen LogP contribution is -2.44. The molecule has 0 unspecified atom stereocenters. The van der Waals surface area contributed by atoms with Crippen LogP contribution in [0, 0.1) is 0 Å². The molecule has 180 valence electrons. The summed E-state index contributed by atoms with van der Waals surface area (Å²) in [5, 5.41) is 10.3. The summed E-state index contributed by atoms with van der Waals surface area (Å²) in [6, 6.07) is 17.7. The highest BCUT2D eigenvalue weighted by atomic mass is 35.5. The Kier molecular flexibility index (Phi) is 6.69. The van der Waals surface area contributed by atoms with Gasteiger partial charge in [0.2, 0.25) is 11.9 Å². The van der Waals surface area contributed by atoms with Crippen LogP contribution in [-0.2, 0) is 4.79 Å². The molecule has 9 nitrogen and oxygen atoms in total. The summed E-state index contributed by atoms with van der Waals surface area (Å²) < 4.78 is 0. The average molecular weight is 491 g/mol. The molecule has 2 aromatic heterocycles. The standard InChI is InChI=1S/C25H27ClN8O/c1-33-11-13-34(14-12-33)20-7-5-17(6-8-20)30-25-31-23-21(9-10-27-23)24(32-25)29-19-4-2-3-18(15-19)28-22(35)16-26/h2-10,15H,11-14,16H2,1H3,(H,28,35)(H3,27,29,30,31,32). The third-order valence-electron chi connectivity index (χ3n) is 5.94. The van der Waals surface area contributed by atoms with Gasteiger partial charge in [0.1, 0.15) is 17.3 Å². The largest absolute Gasteiger partial charge is 0.369 e. The highest BCUT2D eigenvalue weighted by Crippen LogP contribution is 2.28. The SMILES string of the molecule is CN1CCN(c2ccc(Nc3nc(Nc4cccc(NC(=O)CCl)c4)c4cc[nH]c4n3)cc2)CC1. The quantitative estimate of drug-likeness (QED) is 0.285. The number of fused-ring (bicyclic) bond motifs is 1. The number of halogens is 1. The van der Waals surface area contributed by atoms with Crippen LogP contribution in [0.1, 0.15) is 0 Å². The number of carbonyl (C=O) groups is 1. The van der Waals surface area contributed by atoms with Gasteiger partial charge < -0.3 is 30.7 Å². The van der Waals surface area contributed by atoms with E-state index in [-0.39, 0.29) is 11.8 Å². The number of aromatic nitrogens is 3. The third kappa shape index (κ3) is 5.47. The highest BCUT2D eigenvalue weighted by Gasteiger charge is 2.14. The minimum absolute atomic E-state index is 0.0983. The molecule has 3 heterocycles. The minimum atomic E-state index is -0.260. The second-order valence-corrected chi connectivity index (χ2v) is 8.75. The number of aromatic amines is 1. The van der Waals surface area contributed by atoms with Gasteiger partial charge in [-0.05, 0) is 55.6 Å². The predicted molar refractivity (Wildman–Crippen MR) is 142 cm³/mol. The topological polar surface area (TPSA) is 101 Å². The second-order valence-electron chi connectivity index (χ2n) is 8.49. The molecule has 0 spiro atoms. The number of hydrogen-bond donors (Lipinski definition) is 4. The van der Waals surface area contributed by atoms with Gasteiger partial charge in [-0.2, -0.15) is 9.97 Å². The maximum absolute atomic E-state index is 11.6. The Bertz CT molecular complexity index is 1310. The summed E-state index contributed by atoms with van der Waals surface area (Å²) in [7, 11) is 2.16. The molecule has 0 atom stereocenters. The molecule has 4 N–H and O–H groups in total. The number of anilines is 6. The number of H-pyrrole nitrogens is 1. The van der Waals surface area contributed by atoms with E-state index in [0.29, 0.717) is 23.1 Å². The molecule has 1 amide bonds. The van der Waals surface area contributed by atoms with Gasteiger partial charge in [-0.1, -0.05) is 6.07 Å². The summed E-state index contributed by atoms with van der Waals surface area (Å²) in [6.45, 7) is 4.20. The van der Waals surface area contributed by atoms with Gasteiger partial charge in [-0.3, -0.25) is 4.79 Å². The van der Waals surface area contributed by atoms with Crippen LogP contribution in [0.25, 0.3) is 11.0 Å². The molecule has 0 bridgehead atoms. The van der Waals surface area contributed by atoms with Crippen molar-refractivity contribution in [2.75, 3.05) is 60.0 Å². The van der Waals surface area contributed by atoms with Crippen molar-refractivity contribution in [2.45, 2.75) is 0 Å². The molecule has 2 aromatic carbocycles. The Morgan fingerprint density at radius 1 is 0.971 bits per heavy atom. The smallest absolute Gasteiger partial charge is 0.239 e. The molecule has 0 aliphatic carbocycles. The number of carbonyl (C=O) groups excluding carboxylic acids is 1. The summed E-state index contributed by atoms with van der Waals surface area (Å²) >= 11 is 5.60. The first kappa shape index (κ1) is 22.9. The van der Waals surface area contributed by atoms with Crippen molar-refractivity contribution in [1.82, 2.24) is 19.9 Å². The molecule has 1 fully saturated rings. The molecule has 35 heavy (non-hydrogen) atoms. The fourth-order valence-electron chi connectivity index (χ4n) is 4.05. The van der Waals surface area contributed by atoms with Crippen molar-refractivity contribution in [2.24, 2.45) is 0 Å². The van der Waals surface area contributed by atoms with Crippen LogP contribution in [0.3, 0.4) is 0 Å². The van der Waals surface area contributed by atoms with Crippen LogP contribution in [0.4, 0.5) is 34.5 Å². The number of likely N-dealkylation sites (N-methyl/N-ethyl adjacent to an activating group) is 1. The van der Waals surface area contributed by atoms with Crippen molar-refractivity contribution in [1.29, 1.82) is 0 Å². The number of nitrogens with zero attached hydrogens (tertiary/aromatic N) is 4. The van der Waals surface area contributed by atoms with Gasteiger partial charge in [0.25, 0.3) is 0 Å². The lowest BCUT2D eigenvalue weighted by atomic mass is 10.2. The van der Waals surface area contributed by atoms with Crippen LogP contribution < -0.4 is 20.9 Å². The lowest BCUT2D eigenvalue weighted by Gasteiger charge is -2.34. The van der Waals surface area contributed by atoms with Crippen LogP contribution >= 0.6 is 11.6 Å². The van der Waals surface area contributed by atoms with Crippen molar-refractivity contribution in [3.63, 3.8) is 0 Å². The van der Waals surface area contributed by atoms with Crippen molar-refractivity contribution >= 4 is 63.1 Å². The van der Waals surface area contributed by atoms with E-state index in [9.17, 15) is 4.79 Å². The zero-order chi connectivity index (χ0) is 24.2. The van der Waals surface area contributed by atoms with Gasteiger partial charge in [0.05, 0.1) is 5.39 Å². The van der Waals surface area contributed by atoms with Crippen molar-refractivity contribution in [3.8, 4) is 0 Å². The van der Waals surface area contributed by atoms with E-state index in [4.69, 9.17) is 16.6 Å². The van der Waals surface area contributed by atoms with E-state index in [0.717, 1.165) is 42.9 Å². The number of amides is 1. The molecule has 0 saturated carbocycles. The number of nitrogens with one attached hydrogen (secondary N) is 4. The first-order valence-corrected chi connectivity index (χ1v) is 12.0. The predicted octanol–water partition coefficient (Wildman–Crippen LogP) is 4.37. The van der Waals surface area contributed by atoms with Crippen LogP contribution in [0.5, 0.6) is 0 Å². The van der Waals surface area contributed by atoms with E-state index >= 15 is 0 Å². The molecule has 5 rings (SSSR count). The Balaban J connectivity index is 1.34. The molecule has 1 aliphatic rings. The van der Waals surface area contributed by atoms with E-state index in [1.54, 1.807) is 6.07 Å². The van der Waals surface area contributed by atoms with E-state index < -0.39 is 0 Å². The molecular formula is C25H27ClN8O. The summed E-state index contributed by atoms with van der Waals surface area (Å²) in [5.41, 5.74) is 4.27. The fourth-order valence-corrected chi connectivity index (χ4v) is 4.11. The molecule has 4 aromatic rings. The second kappa shape index (κ2) is 10.2. The summed E-state index contributed by atoms with van der Waals surface area (Å²) in [4.78, 5) is 28.9. The first-order chi connectivity index (χ1) is 17.1. The zero-order valence-corrected chi connectivity index (χ0v) is 20.1. The van der Waals surface area contributed by atoms with Gasteiger partial charge >= 0.3 is 0 Å². The number of piperazine rings is 1. The number of rotatable bonds is 7. The van der Waals surface area contributed by atoms with Gasteiger partial charge in [0.15, 0.2) is 0 Å². The van der Waals surface area contributed by atoms with Gasteiger partial charge in [-0.25, -0.2) is 0 Å². The molecule has 0 radical (unpaired) electrons. The number of benzene rings is 2. The molecular weight excluding hydrogens is 464 g/mol. The van der Waals surface area contributed by atoms with E-state index in [2.05, 4.69) is 54.9 Å². The van der Waals surface area contributed by atoms with Crippen LogP contribution in [0.2, 0.25) is 0 Å². The zero-order valence-electron chi connectivity index (χ0n) is 19.4. The Labute approximate surface area is 208 Å². The summed E-state index contributed by atoms with van der Waals surface area (Å²) in [5.74, 6) is 0.762. The fraction of sp³-hybridized carbons (Fsp3) is 0.240. The molecule has 10 heteroatoms. The molecule has 1 aliphatic heterocycles. The number of hydrogen-bond acceptors (Lipinski definition) is 7. The average Bonchev–Trinajstić information content (AvgIpc) is 3.34. The van der Waals surface area contributed by atoms with Gasteiger partial charge in [0, 0.05) is 55.1 Å². The first-order valence-electron chi connectivity index (χ1n) is 11.5. The number of alkyl halides is 1. The monoisotopic (exact) mass is 490 g/mol. The highest BCUT2D eigenvalue weighted by molar-refractivity contribution is 6.29. The third-order valence-corrected chi connectivity index (χ3v) is 6.18. The van der Waals surface area contributed by atoms with Crippen LogP contribution in [-0.4, -0.2) is 64.9 Å². The maximum atomic E-state index is 11.6. The van der Waals surface area contributed by atoms with Gasteiger partial charge in [-0.15, -0.1) is 11.6 Å². The Morgan fingerprint density at radius 3 is 2.51 bits per heavy atom.